The van der Waals surface area contributed by atoms with Gasteiger partial charge in [0.25, 0.3) is 15.9 Å². The molecular weight excluding hydrogens is 434 g/mol. The summed E-state index contributed by atoms with van der Waals surface area (Å²) in [6.07, 6.45) is -1.18. The summed E-state index contributed by atoms with van der Waals surface area (Å²) >= 11 is 5.96. The highest BCUT2D eigenvalue weighted by Gasteiger charge is 2.26. The fourth-order valence-corrected chi connectivity index (χ4v) is 3.69. The van der Waals surface area contributed by atoms with Crippen molar-refractivity contribution in [2.45, 2.75) is 17.9 Å². The lowest BCUT2D eigenvalue weighted by Gasteiger charge is -2.16. The smallest absolute Gasteiger partial charge is 0.338 e. The van der Waals surface area contributed by atoms with Gasteiger partial charge in [0, 0.05) is 12.7 Å². The number of halogens is 1. The van der Waals surface area contributed by atoms with Crippen LogP contribution in [0, 0.1) is 11.3 Å². The molecule has 0 fully saturated rings. The predicted octanol–water partition coefficient (Wildman–Crippen LogP) is 2.58. The molecule has 0 aliphatic carbocycles. The van der Waals surface area contributed by atoms with E-state index in [2.05, 4.69) is 5.32 Å². The molecule has 1 atom stereocenters. The van der Waals surface area contributed by atoms with Crippen LogP contribution in [-0.2, 0) is 24.4 Å². The number of hydrogen-bond acceptors (Lipinski definition) is 7. The van der Waals surface area contributed by atoms with Gasteiger partial charge >= 0.3 is 5.97 Å². The van der Waals surface area contributed by atoms with Gasteiger partial charge in [-0.3, -0.25) is 9.63 Å². The SMILES string of the molecule is CON(C)S(=O)(=O)c1cc(C(=O)O[C@@H](C)C(=O)Nc2ccc(C#N)cc2)ccc1Cl. The van der Waals surface area contributed by atoms with Gasteiger partial charge in [0.2, 0.25) is 0 Å². The number of nitrogens with one attached hydrogen (secondary N) is 1. The molecular formula is C19H18ClN3O6S. The van der Waals surface area contributed by atoms with Crippen LogP contribution in [-0.4, -0.2) is 45.0 Å². The van der Waals surface area contributed by atoms with E-state index in [-0.39, 0.29) is 15.5 Å². The van der Waals surface area contributed by atoms with E-state index >= 15 is 0 Å². The van der Waals surface area contributed by atoms with Crippen LogP contribution >= 0.6 is 11.6 Å². The third kappa shape index (κ3) is 5.34. The third-order valence-electron chi connectivity index (χ3n) is 3.97. The maximum absolute atomic E-state index is 12.4. The van der Waals surface area contributed by atoms with Crippen molar-refractivity contribution in [1.29, 1.82) is 5.26 Å². The fourth-order valence-electron chi connectivity index (χ4n) is 2.22. The largest absolute Gasteiger partial charge is 0.449 e. The van der Waals surface area contributed by atoms with Gasteiger partial charge in [-0.15, -0.1) is 0 Å². The van der Waals surface area contributed by atoms with Gasteiger partial charge in [0.15, 0.2) is 6.10 Å². The zero-order valence-electron chi connectivity index (χ0n) is 16.2. The number of carbonyl (C=O) groups is 2. The number of esters is 1. The van der Waals surface area contributed by atoms with E-state index in [9.17, 15) is 18.0 Å². The first-order chi connectivity index (χ1) is 14.1. The van der Waals surface area contributed by atoms with Crippen molar-refractivity contribution in [3.8, 4) is 6.07 Å². The minimum absolute atomic E-state index is 0.109. The van der Waals surface area contributed by atoms with Gasteiger partial charge in [0.1, 0.15) is 4.90 Å². The summed E-state index contributed by atoms with van der Waals surface area (Å²) in [5.74, 6) is -1.51. The number of anilines is 1. The van der Waals surface area contributed by atoms with E-state index in [0.717, 1.165) is 13.2 Å². The highest BCUT2D eigenvalue weighted by Crippen LogP contribution is 2.26. The molecule has 0 heterocycles. The van der Waals surface area contributed by atoms with E-state index in [0.29, 0.717) is 15.7 Å². The number of rotatable bonds is 7. The third-order valence-corrected chi connectivity index (χ3v) is 6.14. The van der Waals surface area contributed by atoms with E-state index in [1.165, 1.54) is 50.4 Å². The standard InChI is InChI=1S/C19H18ClN3O6S/c1-12(18(24)22-15-7-4-13(11-21)5-8-15)29-19(25)14-6-9-16(20)17(10-14)30(26,27)23(2)28-3/h4-10,12H,1-3H3,(H,22,24)/t12-/m0/s1. The van der Waals surface area contributed by atoms with Crippen molar-refractivity contribution in [1.82, 2.24) is 4.47 Å². The van der Waals surface area contributed by atoms with Crippen molar-refractivity contribution < 1.29 is 27.6 Å². The second kappa shape index (κ2) is 9.69. The molecule has 0 spiro atoms. The number of benzene rings is 2. The molecule has 2 aromatic rings. The molecule has 1 N–H and O–H groups in total. The maximum atomic E-state index is 12.4. The van der Waals surface area contributed by atoms with Gasteiger partial charge in [-0.2, -0.15) is 5.26 Å². The van der Waals surface area contributed by atoms with Crippen LogP contribution in [0.4, 0.5) is 5.69 Å². The van der Waals surface area contributed by atoms with E-state index in [1.807, 2.05) is 6.07 Å². The second-order valence-corrected chi connectivity index (χ2v) is 8.28. The Hall–Kier alpha value is -2.97. The number of amides is 1. The molecule has 0 aliphatic rings. The Kier molecular flexibility index (Phi) is 7.53. The zero-order valence-corrected chi connectivity index (χ0v) is 17.8. The first-order valence-corrected chi connectivity index (χ1v) is 10.3. The molecule has 158 valence electrons. The number of sulfonamides is 1. The van der Waals surface area contributed by atoms with Crippen LogP contribution in [0.5, 0.6) is 0 Å². The Bertz CT molecular complexity index is 1100. The number of nitriles is 1. The summed E-state index contributed by atoms with van der Waals surface area (Å²) in [4.78, 5) is 29.0. The Morgan fingerprint density at radius 2 is 1.83 bits per heavy atom. The van der Waals surface area contributed by atoms with Crippen molar-refractivity contribution in [2.75, 3.05) is 19.5 Å². The van der Waals surface area contributed by atoms with Crippen molar-refractivity contribution in [3.63, 3.8) is 0 Å². The van der Waals surface area contributed by atoms with Crippen LogP contribution in [0.1, 0.15) is 22.8 Å². The zero-order chi connectivity index (χ0) is 22.5. The van der Waals surface area contributed by atoms with Gasteiger partial charge < -0.3 is 10.1 Å². The Morgan fingerprint density at radius 3 is 2.40 bits per heavy atom. The van der Waals surface area contributed by atoms with Crippen LogP contribution in [0.3, 0.4) is 0 Å². The van der Waals surface area contributed by atoms with E-state index < -0.39 is 28.0 Å². The van der Waals surface area contributed by atoms with Crippen molar-refractivity contribution in [3.05, 3.63) is 58.6 Å². The van der Waals surface area contributed by atoms with Gasteiger partial charge in [-0.25, -0.2) is 13.2 Å². The Morgan fingerprint density at radius 1 is 1.20 bits per heavy atom. The molecule has 30 heavy (non-hydrogen) atoms. The van der Waals surface area contributed by atoms with Gasteiger partial charge in [0.05, 0.1) is 29.3 Å². The van der Waals surface area contributed by atoms with E-state index in [1.54, 1.807) is 0 Å². The summed E-state index contributed by atoms with van der Waals surface area (Å²) in [6, 6.07) is 11.6. The normalized spacial score (nSPS) is 12.1. The molecule has 1 amide bonds. The van der Waals surface area contributed by atoms with Crippen molar-refractivity contribution >= 4 is 39.2 Å². The van der Waals surface area contributed by atoms with Gasteiger partial charge in [-0.1, -0.05) is 16.1 Å². The molecule has 0 saturated heterocycles. The molecule has 0 aliphatic heterocycles. The van der Waals surface area contributed by atoms with Crippen LogP contribution in [0.25, 0.3) is 0 Å². The number of carbonyl (C=O) groups excluding carboxylic acids is 2. The molecule has 0 aromatic heterocycles. The van der Waals surface area contributed by atoms with Gasteiger partial charge in [-0.05, 0) is 49.4 Å². The molecule has 0 saturated carbocycles. The highest BCUT2D eigenvalue weighted by atomic mass is 35.5. The summed E-state index contributed by atoms with van der Waals surface area (Å²) in [5.41, 5.74) is 0.741. The van der Waals surface area contributed by atoms with Crippen LogP contribution in [0.15, 0.2) is 47.4 Å². The molecule has 9 nitrogen and oxygen atoms in total. The minimum Gasteiger partial charge on any atom is -0.449 e. The summed E-state index contributed by atoms with van der Waals surface area (Å²) in [6.45, 7) is 1.36. The second-order valence-electron chi connectivity index (χ2n) is 5.97. The fraction of sp³-hybridized carbons (Fsp3) is 0.211. The summed E-state index contributed by atoms with van der Waals surface area (Å²) in [7, 11) is -1.76. The number of nitrogens with zero attached hydrogens (tertiary/aromatic N) is 2. The lowest BCUT2D eigenvalue weighted by molar-refractivity contribution is -0.123. The lowest BCUT2D eigenvalue weighted by Crippen LogP contribution is -2.30. The number of hydroxylamine groups is 1. The monoisotopic (exact) mass is 451 g/mol. The maximum Gasteiger partial charge on any atom is 0.338 e. The molecule has 2 rings (SSSR count). The first kappa shape index (κ1) is 23.3. The first-order valence-electron chi connectivity index (χ1n) is 8.44. The Labute approximate surface area is 178 Å². The van der Waals surface area contributed by atoms with E-state index in [4.69, 9.17) is 26.4 Å². The summed E-state index contributed by atoms with van der Waals surface area (Å²) < 4.78 is 30.6. The molecule has 11 heteroatoms. The predicted molar refractivity (Wildman–Crippen MR) is 108 cm³/mol. The number of hydrogen-bond donors (Lipinski definition) is 1. The molecule has 2 aromatic carbocycles. The molecule has 0 unspecified atom stereocenters. The lowest BCUT2D eigenvalue weighted by atomic mass is 10.2. The van der Waals surface area contributed by atoms with Crippen molar-refractivity contribution in [2.24, 2.45) is 0 Å². The quantitative estimate of drug-likeness (QED) is 0.506. The molecule has 0 bridgehead atoms. The average molecular weight is 452 g/mol. The molecule has 0 radical (unpaired) electrons. The van der Waals surface area contributed by atoms with Crippen LogP contribution in [0.2, 0.25) is 5.02 Å². The number of ether oxygens (including phenoxy) is 1. The topological polar surface area (TPSA) is 126 Å². The minimum atomic E-state index is -4.10. The Balaban J connectivity index is 2.14. The average Bonchev–Trinajstić information content (AvgIpc) is 2.73. The summed E-state index contributed by atoms with van der Waals surface area (Å²) in [5, 5.41) is 11.2. The highest BCUT2D eigenvalue weighted by molar-refractivity contribution is 7.89. The van der Waals surface area contributed by atoms with Crippen LogP contribution < -0.4 is 5.32 Å².